The van der Waals surface area contributed by atoms with E-state index in [2.05, 4.69) is 5.32 Å². The van der Waals surface area contributed by atoms with Crippen molar-refractivity contribution in [2.24, 2.45) is 5.92 Å². The first kappa shape index (κ1) is 17.2. The van der Waals surface area contributed by atoms with Gasteiger partial charge in [-0.2, -0.15) is 0 Å². The maximum atomic E-state index is 12.8. The van der Waals surface area contributed by atoms with Gasteiger partial charge in [-0.1, -0.05) is 51.1 Å². The van der Waals surface area contributed by atoms with E-state index >= 15 is 0 Å². The lowest BCUT2D eigenvalue weighted by Crippen LogP contribution is -2.43. The van der Waals surface area contributed by atoms with Crippen LogP contribution in [0.5, 0.6) is 0 Å². The Hall–Kier alpha value is -0.870. The lowest BCUT2D eigenvalue weighted by molar-refractivity contribution is 0.437. The van der Waals surface area contributed by atoms with Gasteiger partial charge < -0.3 is 5.32 Å². The number of hydrogen-bond acceptors (Lipinski definition) is 3. The van der Waals surface area contributed by atoms with Crippen LogP contribution in [0.4, 0.5) is 0 Å². The predicted octanol–water partition coefficient (Wildman–Crippen LogP) is 3.19. The van der Waals surface area contributed by atoms with Gasteiger partial charge in [-0.25, -0.2) is 8.42 Å². The maximum Gasteiger partial charge on any atom is 0.157 e. The van der Waals surface area contributed by atoms with Crippen molar-refractivity contribution in [2.75, 3.05) is 7.05 Å². The van der Waals surface area contributed by atoms with E-state index in [1.807, 2.05) is 65.1 Å². The quantitative estimate of drug-likeness (QED) is 0.841. The lowest BCUT2D eigenvalue weighted by Gasteiger charge is -2.32. The van der Waals surface area contributed by atoms with Crippen LogP contribution in [0, 0.1) is 5.92 Å². The van der Waals surface area contributed by atoms with E-state index in [-0.39, 0.29) is 17.2 Å². The Bertz CT molecular complexity index is 496. The third kappa shape index (κ3) is 3.61. The van der Waals surface area contributed by atoms with Crippen molar-refractivity contribution in [2.45, 2.75) is 50.7 Å². The molecule has 0 saturated heterocycles. The molecule has 0 spiro atoms. The molecule has 0 aromatic heterocycles. The van der Waals surface area contributed by atoms with Crippen LogP contribution >= 0.6 is 0 Å². The largest absolute Gasteiger partial charge is 0.312 e. The smallest absolute Gasteiger partial charge is 0.157 e. The monoisotopic (exact) mass is 297 g/mol. The molecule has 1 N–H and O–H groups in total. The van der Waals surface area contributed by atoms with E-state index in [1.54, 1.807) is 0 Å². The second kappa shape index (κ2) is 7.23. The van der Waals surface area contributed by atoms with Gasteiger partial charge >= 0.3 is 0 Å². The van der Waals surface area contributed by atoms with Crippen molar-refractivity contribution >= 4 is 9.84 Å². The van der Waals surface area contributed by atoms with Crippen molar-refractivity contribution in [3.8, 4) is 0 Å². The molecule has 0 radical (unpaired) electrons. The van der Waals surface area contributed by atoms with Gasteiger partial charge in [-0.3, -0.25) is 0 Å². The zero-order valence-corrected chi connectivity index (χ0v) is 13.9. The zero-order valence-electron chi connectivity index (χ0n) is 13.1. The molecule has 0 aliphatic carbocycles. The molecule has 0 heterocycles. The first-order valence-electron chi connectivity index (χ1n) is 7.31. The Balaban J connectivity index is 3.25. The summed E-state index contributed by atoms with van der Waals surface area (Å²) >= 11 is 0. The molecule has 0 bridgehead atoms. The summed E-state index contributed by atoms with van der Waals surface area (Å²) < 4.78 is 25.7. The minimum absolute atomic E-state index is 0.0617. The van der Waals surface area contributed by atoms with E-state index in [0.29, 0.717) is 6.42 Å². The van der Waals surface area contributed by atoms with Crippen molar-refractivity contribution in [1.29, 1.82) is 0 Å². The predicted molar refractivity (Wildman–Crippen MR) is 85.5 cm³/mol. The summed E-state index contributed by atoms with van der Waals surface area (Å²) in [6.07, 6.45) is 0.650. The fourth-order valence-corrected chi connectivity index (χ4v) is 5.07. The SMILES string of the molecule is CCC(C)S(=O)(=O)C(C(C)C)C(NC)c1ccccc1. The summed E-state index contributed by atoms with van der Waals surface area (Å²) in [6, 6.07) is 9.66. The van der Waals surface area contributed by atoms with Gasteiger partial charge in [-0.15, -0.1) is 0 Å². The molecule has 1 aromatic carbocycles. The van der Waals surface area contributed by atoms with E-state index in [9.17, 15) is 8.42 Å². The van der Waals surface area contributed by atoms with E-state index in [4.69, 9.17) is 0 Å². The Morgan fingerprint density at radius 2 is 1.65 bits per heavy atom. The van der Waals surface area contributed by atoms with Crippen LogP contribution in [0.25, 0.3) is 0 Å². The minimum atomic E-state index is -3.17. The number of nitrogens with one attached hydrogen (secondary N) is 1. The van der Waals surface area contributed by atoms with Gasteiger partial charge in [0.25, 0.3) is 0 Å². The lowest BCUT2D eigenvalue weighted by atomic mass is 9.96. The van der Waals surface area contributed by atoms with Gasteiger partial charge in [0.2, 0.25) is 0 Å². The molecule has 1 rings (SSSR count). The summed E-state index contributed by atoms with van der Waals surface area (Å²) in [7, 11) is -1.34. The summed E-state index contributed by atoms with van der Waals surface area (Å²) in [6.45, 7) is 7.70. The van der Waals surface area contributed by atoms with Crippen LogP contribution in [-0.4, -0.2) is 26.0 Å². The molecular weight excluding hydrogens is 270 g/mol. The van der Waals surface area contributed by atoms with Crippen molar-refractivity contribution in [3.63, 3.8) is 0 Å². The highest BCUT2D eigenvalue weighted by Crippen LogP contribution is 2.30. The van der Waals surface area contributed by atoms with Crippen LogP contribution in [0.3, 0.4) is 0 Å². The summed E-state index contributed by atoms with van der Waals surface area (Å²) in [5, 5.41) is 2.48. The summed E-state index contributed by atoms with van der Waals surface area (Å²) in [5.74, 6) is 0.0617. The number of hydrogen-bond donors (Lipinski definition) is 1. The van der Waals surface area contributed by atoms with E-state index in [1.165, 1.54) is 0 Å². The molecule has 0 aliphatic rings. The average Bonchev–Trinajstić information content (AvgIpc) is 2.43. The maximum absolute atomic E-state index is 12.8. The molecule has 20 heavy (non-hydrogen) atoms. The molecule has 114 valence electrons. The highest BCUT2D eigenvalue weighted by atomic mass is 32.2. The van der Waals surface area contributed by atoms with Gasteiger partial charge in [0.15, 0.2) is 9.84 Å². The highest BCUT2D eigenvalue weighted by molar-refractivity contribution is 7.92. The molecule has 0 fully saturated rings. The fourth-order valence-electron chi connectivity index (χ4n) is 2.64. The molecule has 3 nitrogen and oxygen atoms in total. The molecule has 3 unspecified atom stereocenters. The first-order chi connectivity index (χ1) is 9.36. The summed E-state index contributed by atoms with van der Waals surface area (Å²) in [4.78, 5) is 0. The van der Waals surface area contributed by atoms with Crippen LogP contribution in [0.1, 0.15) is 45.7 Å². The number of sulfone groups is 1. The normalized spacial score (nSPS) is 16.9. The Labute approximate surface area is 123 Å². The molecule has 0 saturated carbocycles. The van der Waals surface area contributed by atoms with Crippen molar-refractivity contribution in [3.05, 3.63) is 35.9 Å². The molecule has 0 aliphatic heterocycles. The topological polar surface area (TPSA) is 46.2 Å². The minimum Gasteiger partial charge on any atom is -0.312 e. The van der Waals surface area contributed by atoms with Crippen LogP contribution < -0.4 is 5.32 Å². The molecule has 1 aromatic rings. The van der Waals surface area contributed by atoms with Gasteiger partial charge in [-0.05, 0) is 31.9 Å². The first-order valence-corrected chi connectivity index (χ1v) is 8.92. The summed E-state index contributed by atoms with van der Waals surface area (Å²) in [5.41, 5.74) is 1.03. The van der Waals surface area contributed by atoms with E-state index < -0.39 is 15.1 Å². The zero-order chi connectivity index (χ0) is 15.3. The number of benzene rings is 1. The van der Waals surface area contributed by atoms with Gasteiger partial charge in [0, 0.05) is 6.04 Å². The third-order valence-corrected chi connectivity index (χ3v) is 7.00. The van der Waals surface area contributed by atoms with Gasteiger partial charge in [0.05, 0.1) is 10.5 Å². The second-order valence-corrected chi connectivity index (χ2v) is 8.22. The van der Waals surface area contributed by atoms with Crippen LogP contribution in [0.15, 0.2) is 30.3 Å². The standard InChI is InChI=1S/C16H27NO2S/c1-6-13(4)20(18,19)16(12(2)3)15(17-5)14-10-8-7-9-11-14/h7-13,15-17H,6H2,1-5H3. The number of rotatable bonds is 7. The average molecular weight is 297 g/mol. The van der Waals surface area contributed by atoms with E-state index in [0.717, 1.165) is 5.56 Å². The fraction of sp³-hybridized carbons (Fsp3) is 0.625. The van der Waals surface area contributed by atoms with Crippen LogP contribution in [-0.2, 0) is 9.84 Å². The molecular formula is C16H27NO2S. The molecule has 0 amide bonds. The molecule has 3 atom stereocenters. The van der Waals surface area contributed by atoms with Crippen LogP contribution in [0.2, 0.25) is 0 Å². The Kier molecular flexibility index (Phi) is 6.21. The van der Waals surface area contributed by atoms with Crippen molar-refractivity contribution < 1.29 is 8.42 Å². The Morgan fingerprint density at radius 3 is 2.05 bits per heavy atom. The second-order valence-electron chi connectivity index (χ2n) is 5.69. The van der Waals surface area contributed by atoms with Crippen molar-refractivity contribution in [1.82, 2.24) is 5.32 Å². The highest BCUT2D eigenvalue weighted by Gasteiger charge is 2.38. The van der Waals surface area contributed by atoms with Gasteiger partial charge in [0.1, 0.15) is 0 Å². The third-order valence-electron chi connectivity index (χ3n) is 3.97. The molecule has 4 heteroatoms. The Morgan fingerprint density at radius 1 is 1.10 bits per heavy atom.